The summed E-state index contributed by atoms with van der Waals surface area (Å²) in [6.45, 7) is 6.61. The van der Waals surface area contributed by atoms with Crippen molar-refractivity contribution in [1.29, 1.82) is 0 Å². The molecule has 0 amide bonds. The first kappa shape index (κ1) is 8.63. The van der Waals surface area contributed by atoms with E-state index in [2.05, 4.69) is 36.1 Å². The summed E-state index contributed by atoms with van der Waals surface area (Å²) in [6, 6.07) is 0. The van der Waals surface area contributed by atoms with Crippen LogP contribution in [0.15, 0.2) is 17.9 Å². The van der Waals surface area contributed by atoms with Crippen LogP contribution in [0.5, 0.6) is 0 Å². The largest absolute Gasteiger partial charge is 0.243 e. The van der Waals surface area contributed by atoms with Crippen LogP contribution in [0.2, 0.25) is 0 Å². The Bertz CT molecular complexity index is 426. The minimum absolute atomic E-state index is 0.173. The smallest absolute Gasteiger partial charge is 0.116 e. The van der Waals surface area contributed by atoms with Gasteiger partial charge in [0, 0.05) is 6.20 Å². The fourth-order valence-corrected chi connectivity index (χ4v) is 2.42. The maximum Gasteiger partial charge on any atom is 0.116 e. The Labute approximate surface area is 81.7 Å². The van der Waals surface area contributed by atoms with E-state index in [1.54, 1.807) is 17.7 Å². The molecule has 0 saturated heterocycles. The van der Waals surface area contributed by atoms with Crippen molar-refractivity contribution in [3.63, 3.8) is 0 Å². The van der Waals surface area contributed by atoms with Gasteiger partial charge in [0.1, 0.15) is 6.33 Å². The van der Waals surface area contributed by atoms with Crippen molar-refractivity contribution in [2.45, 2.75) is 26.2 Å². The fourth-order valence-electron chi connectivity index (χ4n) is 1.32. The van der Waals surface area contributed by atoms with E-state index < -0.39 is 0 Å². The summed E-state index contributed by atoms with van der Waals surface area (Å²) in [5.74, 6) is 0. The monoisotopic (exact) mass is 192 g/mol. The van der Waals surface area contributed by atoms with E-state index >= 15 is 0 Å². The number of thiophene rings is 1. The molecule has 0 atom stereocenters. The Morgan fingerprint density at radius 2 is 2.08 bits per heavy atom. The van der Waals surface area contributed by atoms with Crippen LogP contribution in [-0.4, -0.2) is 9.97 Å². The Balaban J connectivity index is 2.72. The van der Waals surface area contributed by atoms with Gasteiger partial charge in [-0.1, -0.05) is 20.8 Å². The van der Waals surface area contributed by atoms with Gasteiger partial charge in [-0.25, -0.2) is 9.97 Å². The molecule has 2 aromatic heterocycles. The molecular weight excluding hydrogens is 180 g/mol. The third-order valence-electron chi connectivity index (χ3n) is 2.05. The zero-order chi connectivity index (χ0) is 9.47. The molecule has 0 bridgehead atoms. The highest BCUT2D eigenvalue weighted by Crippen LogP contribution is 2.32. The zero-order valence-electron chi connectivity index (χ0n) is 8.03. The second kappa shape index (κ2) is 2.77. The molecule has 0 fully saturated rings. The molecule has 0 aliphatic carbocycles. The van der Waals surface area contributed by atoms with Gasteiger partial charge in [0.05, 0.1) is 10.2 Å². The lowest BCUT2D eigenvalue weighted by atomic mass is 9.88. The number of aromatic nitrogens is 2. The fraction of sp³-hybridized carbons (Fsp3) is 0.400. The van der Waals surface area contributed by atoms with Crippen LogP contribution in [-0.2, 0) is 5.41 Å². The highest BCUT2D eigenvalue weighted by molar-refractivity contribution is 7.17. The molecule has 3 heteroatoms. The number of hydrogen-bond acceptors (Lipinski definition) is 3. The third kappa shape index (κ3) is 1.44. The van der Waals surface area contributed by atoms with Gasteiger partial charge < -0.3 is 0 Å². The Kier molecular flexibility index (Phi) is 1.84. The first-order valence-electron chi connectivity index (χ1n) is 4.27. The van der Waals surface area contributed by atoms with E-state index in [0.29, 0.717) is 0 Å². The Morgan fingerprint density at radius 1 is 1.31 bits per heavy atom. The summed E-state index contributed by atoms with van der Waals surface area (Å²) >= 11 is 1.72. The summed E-state index contributed by atoms with van der Waals surface area (Å²) < 4.78 is 1.17. The zero-order valence-corrected chi connectivity index (χ0v) is 8.85. The normalized spacial score (nSPS) is 12.2. The molecule has 0 spiro atoms. The topological polar surface area (TPSA) is 25.8 Å². The molecule has 2 rings (SSSR count). The number of nitrogens with zero attached hydrogens (tertiary/aromatic N) is 2. The van der Waals surface area contributed by atoms with Crippen molar-refractivity contribution < 1.29 is 0 Å². The van der Waals surface area contributed by atoms with Crippen LogP contribution in [0.25, 0.3) is 10.2 Å². The van der Waals surface area contributed by atoms with Crippen molar-refractivity contribution in [1.82, 2.24) is 9.97 Å². The standard InChI is InChI=1S/C10H12N2S/c1-10(2,3)7-5-13-8-4-11-6-12-9(7)8/h4-6H,1-3H3. The Hall–Kier alpha value is -0.960. The molecular formula is C10H12N2S. The average Bonchev–Trinajstić information content (AvgIpc) is 2.45. The van der Waals surface area contributed by atoms with Gasteiger partial charge in [-0.15, -0.1) is 11.3 Å². The highest BCUT2D eigenvalue weighted by Gasteiger charge is 2.18. The second-order valence-corrected chi connectivity index (χ2v) is 5.05. The predicted molar refractivity (Wildman–Crippen MR) is 56.1 cm³/mol. The van der Waals surface area contributed by atoms with Crippen molar-refractivity contribution >= 4 is 21.6 Å². The molecule has 0 aromatic carbocycles. The summed E-state index contributed by atoms with van der Waals surface area (Å²) in [5, 5.41) is 2.18. The first-order valence-corrected chi connectivity index (χ1v) is 5.15. The van der Waals surface area contributed by atoms with Gasteiger partial charge in [-0.05, 0) is 16.4 Å². The lowest BCUT2D eigenvalue weighted by Crippen LogP contribution is -2.10. The van der Waals surface area contributed by atoms with Gasteiger partial charge in [0.2, 0.25) is 0 Å². The van der Waals surface area contributed by atoms with E-state index in [0.717, 1.165) is 5.52 Å². The Morgan fingerprint density at radius 3 is 2.77 bits per heavy atom. The average molecular weight is 192 g/mol. The molecule has 68 valence electrons. The molecule has 0 N–H and O–H groups in total. The van der Waals surface area contributed by atoms with Gasteiger partial charge in [-0.3, -0.25) is 0 Å². The molecule has 2 heterocycles. The predicted octanol–water partition coefficient (Wildman–Crippen LogP) is 2.99. The number of rotatable bonds is 0. The second-order valence-electron chi connectivity index (χ2n) is 4.13. The minimum Gasteiger partial charge on any atom is -0.243 e. The van der Waals surface area contributed by atoms with E-state index in [1.165, 1.54) is 10.3 Å². The SMILES string of the molecule is CC(C)(C)c1csc2cncnc12. The summed E-state index contributed by atoms with van der Waals surface area (Å²) in [5.41, 5.74) is 2.59. The molecule has 13 heavy (non-hydrogen) atoms. The van der Waals surface area contributed by atoms with Crippen molar-refractivity contribution in [3.05, 3.63) is 23.5 Å². The van der Waals surface area contributed by atoms with E-state index in [9.17, 15) is 0 Å². The molecule has 0 aliphatic rings. The van der Waals surface area contributed by atoms with Crippen LogP contribution < -0.4 is 0 Å². The van der Waals surface area contributed by atoms with Crippen molar-refractivity contribution in [2.24, 2.45) is 0 Å². The molecule has 0 radical (unpaired) electrons. The van der Waals surface area contributed by atoms with Crippen LogP contribution in [0.4, 0.5) is 0 Å². The summed E-state index contributed by atoms with van der Waals surface area (Å²) in [4.78, 5) is 8.31. The number of hydrogen-bond donors (Lipinski definition) is 0. The van der Waals surface area contributed by atoms with Crippen LogP contribution >= 0.6 is 11.3 Å². The van der Waals surface area contributed by atoms with Crippen molar-refractivity contribution in [3.8, 4) is 0 Å². The molecule has 2 nitrogen and oxygen atoms in total. The maximum absolute atomic E-state index is 4.31. The lowest BCUT2D eigenvalue weighted by Gasteiger charge is -2.16. The van der Waals surface area contributed by atoms with Gasteiger partial charge >= 0.3 is 0 Å². The van der Waals surface area contributed by atoms with Gasteiger partial charge in [0.25, 0.3) is 0 Å². The van der Waals surface area contributed by atoms with Gasteiger partial charge in [0.15, 0.2) is 0 Å². The lowest BCUT2D eigenvalue weighted by molar-refractivity contribution is 0.596. The third-order valence-corrected chi connectivity index (χ3v) is 2.95. The van der Waals surface area contributed by atoms with Crippen molar-refractivity contribution in [2.75, 3.05) is 0 Å². The number of fused-ring (bicyclic) bond motifs is 1. The molecule has 0 saturated carbocycles. The first-order chi connectivity index (χ1) is 6.09. The molecule has 2 aromatic rings. The van der Waals surface area contributed by atoms with E-state index in [-0.39, 0.29) is 5.41 Å². The van der Waals surface area contributed by atoms with E-state index in [1.807, 2.05) is 6.20 Å². The van der Waals surface area contributed by atoms with E-state index in [4.69, 9.17) is 0 Å². The summed E-state index contributed by atoms with van der Waals surface area (Å²) in [7, 11) is 0. The highest BCUT2D eigenvalue weighted by atomic mass is 32.1. The van der Waals surface area contributed by atoms with Crippen LogP contribution in [0.1, 0.15) is 26.3 Å². The van der Waals surface area contributed by atoms with Gasteiger partial charge in [-0.2, -0.15) is 0 Å². The quantitative estimate of drug-likeness (QED) is 0.641. The van der Waals surface area contributed by atoms with Crippen LogP contribution in [0.3, 0.4) is 0 Å². The molecule has 0 aliphatic heterocycles. The summed E-state index contributed by atoms with van der Waals surface area (Å²) in [6.07, 6.45) is 3.49. The maximum atomic E-state index is 4.31. The minimum atomic E-state index is 0.173. The van der Waals surface area contributed by atoms with Crippen LogP contribution in [0, 0.1) is 0 Å². The molecule has 0 unspecified atom stereocenters.